The summed E-state index contributed by atoms with van der Waals surface area (Å²) in [6.07, 6.45) is 0.749. The molecule has 17 heavy (non-hydrogen) atoms. The van der Waals surface area contributed by atoms with E-state index >= 15 is 0 Å². The van der Waals surface area contributed by atoms with Crippen LogP contribution in [0.25, 0.3) is 0 Å². The molecule has 0 aliphatic carbocycles. The topological polar surface area (TPSA) is 61.0 Å². The van der Waals surface area contributed by atoms with Crippen molar-refractivity contribution >= 4 is 27.3 Å². The Balaban J connectivity index is 2.09. The first-order valence-corrected chi connectivity index (χ1v) is 6.73. The molecule has 2 rings (SSSR count). The van der Waals surface area contributed by atoms with E-state index in [1.807, 2.05) is 17.5 Å². The van der Waals surface area contributed by atoms with Gasteiger partial charge in [0, 0.05) is 21.8 Å². The van der Waals surface area contributed by atoms with Crippen molar-refractivity contribution in [2.24, 2.45) is 5.73 Å². The van der Waals surface area contributed by atoms with Crippen molar-refractivity contribution in [1.82, 2.24) is 10.2 Å². The Bertz CT molecular complexity index is 486. The molecule has 0 spiro atoms. The van der Waals surface area contributed by atoms with Gasteiger partial charge in [-0.1, -0.05) is 0 Å². The molecule has 2 N–H and O–H groups in total. The van der Waals surface area contributed by atoms with Gasteiger partial charge in [-0.05, 0) is 33.4 Å². The van der Waals surface area contributed by atoms with Crippen LogP contribution in [0.2, 0.25) is 0 Å². The van der Waals surface area contributed by atoms with Crippen molar-refractivity contribution in [3.63, 3.8) is 0 Å². The molecule has 0 aromatic carbocycles. The van der Waals surface area contributed by atoms with E-state index in [1.165, 1.54) is 4.88 Å². The third-order valence-electron chi connectivity index (χ3n) is 2.35. The summed E-state index contributed by atoms with van der Waals surface area (Å²) in [6, 6.07) is 5.49. The van der Waals surface area contributed by atoms with Crippen LogP contribution >= 0.6 is 27.3 Å². The maximum absolute atomic E-state index is 6.09. The van der Waals surface area contributed by atoms with Crippen LogP contribution in [0.1, 0.15) is 16.6 Å². The number of aromatic nitrogens is 2. The second-order valence-electron chi connectivity index (χ2n) is 3.50. The zero-order chi connectivity index (χ0) is 12.3. The quantitative estimate of drug-likeness (QED) is 0.942. The molecule has 0 amide bonds. The van der Waals surface area contributed by atoms with Gasteiger partial charge in [-0.3, -0.25) is 0 Å². The fourth-order valence-electron chi connectivity index (χ4n) is 1.41. The van der Waals surface area contributed by atoms with Crippen LogP contribution in [0.15, 0.2) is 28.1 Å². The van der Waals surface area contributed by atoms with Gasteiger partial charge in [-0.25, -0.2) is 0 Å². The molecule has 0 aliphatic heterocycles. The lowest BCUT2D eigenvalue weighted by atomic mass is 10.1. The van der Waals surface area contributed by atoms with E-state index in [0.717, 1.165) is 16.6 Å². The summed E-state index contributed by atoms with van der Waals surface area (Å²) in [6.45, 7) is 0. The molecule has 0 fully saturated rings. The molecule has 0 radical (unpaired) electrons. The standard InChI is InChI=1S/C11H12BrN3OS/c1-16-11-3-2-9(14-15-11)8(13)6-10-7(12)4-5-17-10/h2-5,8H,6,13H2,1H3. The molecule has 1 unspecified atom stereocenters. The number of hydrogen-bond acceptors (Lipinski definition) is 5. The van der Waals surface area contributed by atoms with Gasteiger partial charge in [-0.15, -0.1) is 16.4 Å². The summed E-state index contributed by atoms with van der Waals surface area (Å²) >= 11 is 5.17. The fraction of sp³-hybridized carbons (Fsp3) is 0.273. The zero-order valence-corrected chi connectivity index (χ0v) is 11.7. The van der Waals surface area contributed by atoms with Gasteiger partial charge in [0.05, 0.1) is 18.8 Å². The van der Waals surface area contributed by atoms with Gasteiger partial charge in [-0.2, -0.15) is 5.10 Å². The van der Waals surface area contributed by atoms with Crippen molar-refractivity contribution in [3.05, 3.63) is 38.6 Å². The Hall–Kier alpha value is -0.980. The first kappa shape index (κ1) is 12.5. The molecule has 4 nitrogen and oxygen atoms in total. The molecular weight excluding hydrogens is 302 g/mol. The lowest BCUT2D eigenvalue weighted by Gasteiger charge is -2.09. The molecule has 0 bridgehead atoms. The summed E-state index contributed by atoms with van der Waals surface area (Å²) in [5, 5.41) is 9.99. The summed E-state index contributed by atoms with van der Waals surface area (Å²) in [5.74, 6) is 0.498. The second kappa shape index (κ2) is 5.57. The van der Waals surface area contributed by atoms with E-state index in [2.05, 4.69) is 26.1 Å². The van der Waals surface area contributed by atoms with Gasteiger partial charge in [0.25, 0.3) is 0 Å². The molecule has 0 aliphatic rings. The normalized spacial score (nSPS) is 12.4. The van der Waals surface area contributed by atoms with E-state index < -0.39 is 0 Å². The van der Waals surface area contributed by atoms with Crippen LogP contribution < -0.4 is 10.5 Å². The number of nitrogens with zero attached hydrogens (tertiary/aromatic N) is 2. The average Bonchev–Trinajstić information content (AvgIpc) is 2.75. The van der Waals surface area contributed by atoms with Crippen molar-refractivity contribution in [2.75, 3.05) is 7.11 Å². The predicted molar refractivity (Wildman–Crippen MR) is 71.2 cm³/mol. The number of thiophene rings is 1. The van der Waals surface area contributed by atoms with E-state index in [0.29, 0.717) is 5.88 Å². The van der Waals surface area contributed by atoms with E-state index in [-0.39, 0.29) is 6.04 Å². The highest BCUT2D eigenvalue weighted by Crippen LogP contribution is 2.26. The Morgan fingerprint density at radius 3 is 2.76 bits per heavy atom. The summed E-state index contributed by atoms with van der Waals surface area (Å²) in [5.41, 5.74) is 6.86. The third-order valence-corrected chi connectivity index (χ3v) is 4.29. The summed E-state index contributed by atoms with van der Waals surface area (Å²) < 4.78 is 6.05. The Morgan fingerprint density at radius 1 is 1.41 bits per heavy atom. The van der Waals surface area contributed by atoms with Crippen LogP contribution in [-0.4, -0.2) is 17.3 Å². The van der Waals surface area contributed by atoms with Crippen LogP contribution in [0, 0.1) is 0 Å². The molecule has 1 atom stereocenters. The van der Waals surface area contributed by atoms with Crippen LogP contribution in [0.5, 0.6) is 5.88 Å². The van der Waals surface area contributed by atoms with Crippen molar-refractivity contribution in [1.29, 1.82) is 0 Å². The predicted octanol–water partition coefficient (Wildman–Crippen LogP) is 2.55. The molecule has 2 aromatic rings. The number of nitrogens with two attached hydrogens (primary N) is 1. The van der Waals surface area contributed by atoms with Crippen LogP contribution in [-0.2, 0) is 6.42 Å². The van der Waals surface area contributed by atoms with Gasteiger partial charge in [0.2, 0.25) is 5.88 Å². The van der Waals surface area contributed by atoms with Crippen molar-refractivity contribution in [3.8, 4) is 5.88 Å². The minimum Gasteiger partial charge on any atom is -0.480 e. The lowest BCUT2D eigenvalue weighted by Crippen LogP contribution is -2.15. The van der Waals surface area contributed by atoms with Crippen molar-refractivity contribution in [2.45, 2.75) is 12.5 Å². The molecule has 0 saturated carbocycles. The van der Waals surface area contributed by atoms with E-state index in [9.17, 15) is 0 Å². The highest BCUT2D eigenvalue weighted by atomic mass is 79.9. The maximum atomic E-state index is 6.09. The monoisotopic (exact) mass is 313 g/mol. The van der Waals surface area contributed by atoms with Crippen LogP contribution in [0.3, 0.4) is 0 Å². The lowest BCUT2D eigenvalue weighted by molar-refractivity contribution is 0.390. The fourth-order valence-corrected chi connectivity index (χ4v) is 2.99. The van der Waals surface area contributed by atoms with Gasteiger partial charge < -0.3 is 10.5 Å². The summed E-state index contributed by atoms with van der Waals surface area (Å²) in [4.78, 5) is 1.22. The molecule has 2 aromatic heterocycles. The van der Waals surface area contributed by atoms with Crippen molar-refractivity contribution < 1.29 is 4.74 Å². The van der Waals surface area contributed by atoms with E-state index in [4.69, 9.17) is 10.5 Å². The maximum Gasteiger partial charge on any atom is 0.233 e. The Kier molecular flexibility index (Phi) is 4.09. The third kappa shape index (κ3) is 3.02. The van der Waals surface area contributed by atoms with Gasteiger partial charge >= 0.3 is 0 Å². The first-order chi connectivity index (χ1) is 8.20. The molecule has 6 heteroatoms. The molecule has 2 heterocycles. The molecule has 0 saturated heterocycles. The number of ether oxygens (including phenoxy) is 1. The zero-order valence-electron chi connectivity index (χ0n) is 9.26. The number of halogens is 1. The van der Waals surface area contributed by atoms with Gasteiger partial charge in [0.1, 0.15) is 0 Å². The Labute approximate surface area is 112 Å². The number of hydrogen-bond donors (Lipinski definition) is 1. The number of methoxy groups -OCH3 is 1. The first-order valence-electron chi connectivity index (χ1n) is 5.05. The van der Waals surface area contributed by atoms with E-state index in [1.54, 1.807) is 24.5 Å². The highest BCUT2D eigenvalue weighted by Gasteiger charge is 2.12. The van der Waals surface area contributed by atoms with Crippen LogP contribution in [0.4, 0.5) is 0 Å². The largest absolute Gasteiger partial charge is 0.480 e. The molecular formula is C11H12BrN3OS. The highest BCUT2D eigenvalue weighted by molar-refractivity contribution is 9.10. The minimum atomic E-state index is -0.150. The SMILES string of the molecule is COc1ccc(C(N)Cc2sccc2Br)nn1. The van der Waals surface area contributed by atoms with Gasteiger partial charge in [0.15, 0.2) is 0 Å². The average molecular weight is 314 g/mol. The smallest absolute Gasteiger partial charge is 0.233 e. The summed E-state index contributed by atoms with van der Waals surface area (Å²) in [7, 11) is 1.56. The molecule has 90 valence electrons. The Morgan fingerprint density at radius 2 is 2.24 bits per heavy atom. The minimum absolute atomic E-state index is 0.150. The number of rotatable bonds is 4. The second-order valence-corrected chi connectivity index (χ2v) is 5.36.